The van der Waals surface area contributed by atoms with E-state index in [0.717, 1.165) is 54.2 Å². The van der Waals surface area contributed by atoms with Crippen LogP contribution in [0.15, 0.2) is 103 Å². The van der Waals surface area contributed by atoms with Gasteiger partial charge in [-0.15, -0.1) is 0 Å². The molecule has 0 atom stereocenters. The summed E-state index contributed by atoms with van der Waals surface area (Å²) in [6.45, 7) is 4.16. The number of nitrogens with one attached hydrogen (secondary N) is 1. The lowest BCUT2D eigenvalue weighted by Gasteiger charge is -2.36. The van der Waals surface area contributed by atoms with Crippen LogP contribution < -0.4 is 10.2 Å². The van der Waals surface area contributed by atoms with Crippen molar-refractivity contribution in [2.75, 3.05) is 36.4 Å². The van der Waals surface area contributed by atoms with Gasteiger partial charge in [-0.05, 0) is 53.6 Å². The van der Waals surface area contributed by atoms with Crippen molar-refractivity contribution in [3.05, 3.63) is 120 Å². The molecular weight excluding hydrogens is 437 g/mol. The number of hydrogen-bond donors (Lipinski definition) is 1. The Balaban J connectivity index is 1.14. The van der Waals surface area contributed by atoms with E-state index in [1.807, 2.05) is 78.9 Å². The molecule has 0 radical (unpaired) electrons. The molecule has 0 saturated carbocycles. The number of carbonyl (C=O) groups is 1. The average molecular weight is 466 g/mol. The number of carbonyl (C=O) groups excluding carboxylic acids is 1. The normalized spacial score (nSPS) is 14.0. The van der Waals surface area contributed by atoms with E-state index in [2.05, 4.69) is 27.2 Å². The van der Waals surface area contributed by atoms with Gasteiger partial charge < -0.3 is 10.2 Å². The zero-order chi connectivity index (χ0) is 24.0. The quantitative estimate of drug-likeness (QED) is 0.376. The van der Waals surface area contributed by atoms with Gasteiger partial charge in [0.2, 0.25) is 0 Å². The first-order valence-electron chi connectivity index (χ1n) is 11.9. The molecule has 4 aromatic carbocycles. The molecule has 4 nitrogen and oxygen atoms in total. The number of nitrogens with zero attached hydrogens (tertiary/aromatic N) is 2. The van der Waals surface area contributed by atoms with Gasteiger partial charge in [0, 0.05) is 55.2 Å². The summed E-state index contributed by atoms with van der Waals surface area (Å²) in [6.07, 6.45) is 0. The molecule has 0 spiro atoms. The number of halogens is 1. The van der Waals surface area contributed by atoms with Crippen molar-refractivity contribution in [2.45, 2.75) is 6.54 Å². The summed E-state index contributed by atoms with van der Waals surface area (Å²) in [4.78, 5) is 17.3. The second-order valence-electron chi connectivity index (χ2n) is 8.80. The van der Waals surface area contributed by atoms with Crippen molar-refractivity contribution in [3.8, 4) is 11.1 Å². The van der Waals surface area contributed by atoms with E-state index in [-0.39, 0.29) is 11.7 Å². The number of amides is 1. The van der Waals surface area contributed by atoms with Crippen LogP contribution in [-0.4, -0.2) is 37.0 Å². The van der Waals surface area contributed by atoms with E-state index in [4.69, 9.17) is 0 Å². The van der Waals surface area contributed by atoms with Crippen LogP contribution >= 0.6 is 0 Å². The van der Waals surface area contributed by atoms with E-state index in [9.17, 15) is 9.18 Å². The number of hydrogen-bond acceptors (Lipinski definition) is 3. The zero-order valence-corrected chi connectivity index (χ0v) is 19.5. The maximum Gasteiger partial charge on any atom is 0.255 e. The van der Waals surface area contributed by atoms with E-state index in [0.29, 0.717) is 12.1 Å². The Morgan fingerprint density at radius 1 is 0.714 bits per heavy atom. The van der Waals surface area contributed by atoms with Gasteiger partial charge in [0.1, 0.15) is 5.82 Å². The largest absolute Gasteiger partial charge is 0.369 e. The molecule has 0 aromatic heterocycles. The van der Waals surface area contributed by atoms with Crippen LogP contribution in [0.1, 0.15) is 15.9 Å². The van der Waals surface area contributed by atoms with Crippen LogP contribution in [0, 0.1) is 5.82 Å². The lowest BCUT2D eigenvalue weighted by molar-refractivity contribution is 0.102. The number of piperazine rings is 1. The average Bonchev–Trinajstić information content (AvgIpc) is 2.91. The molecule has 0 aliphatic carbocycles. The molecule has 35 heavy (non-hydrogen) atoms. The number of rotatable bonds is 6. The summed E-state index contributed by atoms with van der Waals surface area (Å²) in [5.74, 6) is -0.265. The minimum absolute atomic E-state index is 0.126. The summed E-state index contributed by atoms with van der Waals surface area (Å²) < 4.78 is 13.9. The third-order valence-corrected chi connectivity index (χ3v) is 6.47. The molecule has 1 amide bonds. The number of benzene rings is 4. The Morgan fingerprint density at radius 3 is 2.03 bits per heavy atom. The van der Waals surface area contributed by atoms with Crippen LogP contribution in [0.4, 0.5) is 15.8 Å². The van der Waals surface area contributed by atoms with Gasteiger partial charge in [0.25, 0.3) is 5.91 Å². The molecular formula is C30H28FN3O. The van der Waals surface area contributed by atoms with E-state index in [1.165, 1.54) is 6.07 Å². The lowest BCUT2D eigenvalue weighted by Crippen LogP contribution is -2.46. The Morgan fingerprint density at radius 2 is 1.34 bits per heavy atom. The minimum atomic E-state index is -0.139. The fourth-order valence-corrected chi connectivity index (χ4v) is 4.44. The predicted octanol–water partition coefficient (Wildman–Crippen LogP) is 6.07. The predicted molar refractivity (Wildman–Crippen MR) is 140 cm³/mol. The van der Waals surface area contributed by atoms with Crippen molar-refractivity contribution in [3.63, 3.8) is 0 Å². The molecule has 0 bridgehead atoms. The number of anilines is 2. The molecule has 1 N–H and O–H groups in total. The standard InChI is InChI=1S/C30H28FN3O/c31-29-9-5-4-8-26(29)22-33-18-20-34(21-19-33)28-16-14-27(15-17-28)32-30(35)25-12-10-24(11-13-25)23-6-2-1-3-7-23/h1-17H,18-22H2,(H,32,35). The highest BCUT2D eigenvalue weighted by Crippen LogP contribution is 2.22. The van der Waals surface area contributed by atoms with E-state index >= 15 is 0 Å². The van der Waals surface area contributed by atoms with Crippen LogP contribution in [0.5, 0.6) is 0 Å². The van der Waals surface area contributed by atoms with E-state index in [1.54, 1.807) is 6.07 Å². The Bertz CT molecular complexity index is 1270. The second kappa shape index (κ2) is 10.5. The summed E-state index contributed by atoms with van der Waals surface area (Å²) in [6, 6.07) is 32.7. The van der Waals surface area contributed by atoms with Crippen LogP contribution in [0.3, 0.4) is 0 Å². The molecule has 1 saturated heterocycles. The highest BCUT2D eigenvalue weighted by atomic mass is 19.1. The summed E-state index contributed by atoms with van der Waals surface area (Å²) in [7, 11) is 0. The van der Waals surface area contributed by atoms with Crippen molar-refractivity contribution >= 4 is 17.3 Å². The zero-order valence-electron chi connectivity index (χ0n) is 19.5. The highest BCUT2D eigenvalue weighted by Gasteiger charge is 2.18. The molecule has 1 aliphatic rings. The second-order valence-corrected chi connectivity index (χ2v) is 8.80. The molecule has 4 aromatic rings. The maximum atomic E-state index is 13.9. The van der Waals surface area contributed by atoms with Gasteiger partial charge in [0.15, 0.2) is 0 Å². The van der Waals surface area contributed by atoms with Crippen LogP contribution in [0.2, 0.25) is 0 Å². The summed E-state index contributed by atoms with van der Waals surface area (Å²) in [5.41, 5.74) is 5.48. The highest BCUT2D eigenvalue weighted by molar-refractivity contribution is 6.04. The first-order valence-corrected chi connectivity index (χ1v) is 11.9. The monoisotopic (exact) mass is 465 g/mol. The Hall–Kier alpha value is -3.96. The summed E-state index contributed by atoms with van der Waals surface area (Å²) >= 11 is 0. The Labute approximate surface area is 205 Å². The molecule has 5 heteroatoms. The fraction of sp³-hybridized carbons (Fsp3) is 0.167. The summed E-state index contributed by atoms with van der Waals surface area (Å²) in [5, 5.41) is 2.99. The Kier molecular flexibility index (Phi) is 6.87. The molecule has 5 rings (SSSR count). The molecule has 1 heterocycles. The van der Waals surface area contributed by atoms with Gasteiger partial charge in [-0.2, -0.15) is 0 Å². The van der Waals surface area contributed by atoms with Gasteiger partial charge >= 0.3 is 0 Å². The first-order chi connectivity index (χ1) is 17.2. The SMILES string of the molecule is O=C(Nc1ccc(N2CCN(Cc3ccccc3F)CC2)cc1)c1ccc(-c2ccccc2)cc1. The fourth-order valence-electron chi connectivity index (χ4n) is 4.44. The van der Waals surface area contributed by atoms with Crippen LogP contribution in [0.25, 0.3) is 11.1 Å². The molecule has 1 aliphatic heterocycles. The van der Waals surface area contributed by atoms with E-state index < -0.39 is 0 Å². The van der Waals surface area contributed by atoms with Crippen molar-refractivity contribution in [1.82, 2.24) is 4.90 Å². The van der Waals surface area contributed by atoms with Crippen molar-refractivity contribution in [2.24, 2.45) is 0 Å². The third kappa shape index (κ3) is 5.58. The lowest BCUT2D eigenvalue weighted by atomic mass is 10.0. The van der Waals surface area contributed by atoms with Gasteiger partial charge in [-0.25, -0.2) is 4.39 Å². The van der Waals surface area contributed by atoms with Gasteiger partial charge in [-0.3, -0.25) is 9.69 Å². The topological polar surface area (TPSA) is 35.6 Å². The first kappa shape index (κ1) is 22.8. The van der Waals surface area contributed by atoms with Gasteiger partial charge in [-0.1, -0.05) is 60.7 Å². The molecule has 0 unspecified atom stereocenters. The van der Waals surface area contributed by atoms with Gasteiger partial charge in [0.05, 0.1) is 0 Å². The van der Waals surface area contributed by atoms with Crippen LogP contribution in [-0.2, 0) is 6.54 Å². The maximum absolute atomic E-state index is 13.9. The minimum Gasteiger partial charge on any atom is -0.369 e. The van der Waals surface area contributed by atoms with Crippen molar-refractivity contribution in [1.29, 1.82) is 0 Å². The molecule has 1 fully saturated rings. The smallest absolute Gasteiger partial charge is 0.255 e. The van der Waals surface area contributed by atoms with Crippen molar-refractivity contribution < 1.29 is 9.18 Å². The molecule has 176 valence electrons. The third-order valence-electron chi connectivity index (χ3n) is 6.47.